The predicted molar refractivity (Wildman–Crippen MR) is 132 cm³/mol. The molecule has 0 aliphatic heterocycles. The standard InChI is InChI=1S/C25H29P.H3O4P/c1-2-7-15-22(14-6-1)26(23-16-8-3-9-17-23,24-18-10-4-11-19-24)25-20-12-5-13-21-25;1-5(2,3)4/h3-5,8-13,16-22,26H,1-2,6-7,14-15H2;(H3,1,2,3,4). The van der Waals surface area contributed by atoms with Crippen LogP contribution in [0.2, 0.25) is 0 Å². The van der Waals surface area contributed by atoms with Gasteiger partial charge in [-0.3, -0.25) is 0 Å². The number of rotatable bonds is 4. The van der Waals surface area contributed by atoms with E-state index in [0.29, 0.717) is 0 Å². The number of benzene rings is 3. The van der Waals surface area contributed by atoms with E-state index in [0.717, 1.165) is 5.66 Å². The molecule has 0 radical (unpaired) electrons. The molecule has 4 rings (SSSR count). The molecule has 3 aromatic carbocycles. The molecule has 1 saturated carbocycles. The Kier molecular flexibility index (Phi) is 8.60. The van der Waals surface area contributed by atoms with Gasteiger partial charge in [0.25, 0.3) is 0 Å². The molecule has 4 nitrogen and oxygen atoms in total. The molecule has 1 fully saturated rings. The monoisotopic (exact) mass is 458 g/mol. The summed E-state index contributed by atoms with van der Waals surface area (Å²) in [6.07, 6.45) is 8.30. The second-order valence-corrected chi connectivity index (χ2v) is 13.3. The summed E-state index contributed by atoms with van der Waals surface area (Å²) in [7, 11) is -6.69. The molecule has 166 valence electrons. The van der Waals surface area contributed by atoms with Gasteiger partial charge in [-0.1, -0.05) is 0 Å². The van der Waals surface area contributed by atoms with Crippen molar-refractivity contribution in [3.05, 3.63) is 91.0 Å². The summed E-state index contributed by atoms with van der Waals surface area (Å²) in [6, 6.07) is 34.3. The molecule has 1 aliphatic carbocycles. The molecule has 0 bridgehead atoms. The first-order chi connectivity index (χ1) is 14.9. The van der Waals surface area contributed by atoms with Gasteiger partial charge < -0.3 is 14.7 Å². The van der Waals surface area contributed by atoms with Crippen LogP contribution in [0, 0.1) is 0 Å². The van der Waals surface area contributed by atoms with E-state index in [1.54, 1.807) is 15.9 Å². The van der Waals surface area contributed by atoms with E-state index in [2.05, 4.69) is 91.0 Å². The fraction of sp³-hybridized carbons (Fsp3) is 0.280. The fourth-order valence-electron chi connectivity index (χ4n) is 5.02. The van der Waals surface area contributed by atoms with E-state index < -0.39 is 15.1 Å². The van der Waals surface area contributed by atoms with Gasteiger partial charge in [-0.2, -0.15) is 0 Å². The van der Waals surface area contributed by atoms with Crippen molar-refractivity contribution in [2.45, 2.75) is 44.2 Å². The van der Waals surface area contributed by atoms with E-state index in [1.165, 1.54) is 38.5 Å². The molecule has 0 saturated heterocycles. The van der Waals surface area contributed by atoms with Crippen molar-refractivity contribution >= 4 is 31.0 Å². The van der Waals surface area contributed by atoms with Crippen LogP contribution in [0.1, 0.15) is 38.5 Å². The van der Waals surface area contributed by atoms with Crippen LogP contribution >= 0.6 is 15.1 Å². The molecule has 1 aliphatic rings. The molecular weight excluding hydrogens is 426 g/mol. The van der Waals surface area contributed by atoms with Crippen LogP contribution in [0.3, 0.4) is 0 Å². The summed E-state index contributed by atoms with van der Waals surface area (Å²) in [5.74, 6) is 0. The van der Waals surface area contributed by atoms with Gasteiger partial charge in [0.15, 0.2) is 0 Å². The van der Waals surface area contributed by atoms with Crippen LogP contribution in [0.15, 0.2) is 91.0 Å². The molecule has 3 N–H and O–H groups in total. The fourth-order valence-corrected chi connectivity index (χ4v) is 10.9. The van der Waals surface area contributed by atoms with Crippen molar-refractivity contribution < 1.29 is 19.2 Å². The van der Waals surface area contributed by atoms with Gasteiger partial charge in [-0.05, 0) is 0 Å². The average molecular weight is 458 g/mol. The van der Waals surface area contributed by atoms with Crippen molar-refractivity contribution in [2.75, 3.05) is 0 Å². The predicted octanol–water partition coefficient (Wildman–Crippen LogP) is 4.51. The van der Waals surface area contributed by atoms with E-state index in [4.69, 9.17) is 19.2 Å². The summed E-state index contributed by atoms with van der Waals surface area (Å²) in [6.45, 7) is 0. The summed E-state index contributed by atoms with van der Waals surface area (Å²) < 4.78 is 8.88. The van der Waals surface area contributed by atoms with Gasteiger partial charge in [0.05, 0.1) is 0 Å². The van der Waals surface area contributed by atoms with Crippen molar-refractivity contribution in [1.82, 2.24) is 0 Å². The molecule has 0 unspecified atom stereocenters. The minimum atomic E-state index is -4.64. The maximum absolute atomic E-state index is 8.88. The van der Waals surface area contributed by atoms with Crippen molar-refractivity contribution in [3.8, 4) is 0 Å². The van der Waals surface area contributed by atoms with Crippen LogP contribution in [0.5, 0.6) is 0 Å². The molecule has 0 amide bonds. The number of hydrogen-bond donors (Lipinski definition) is 3. The Morgan fingerprint density at radius 3 is 1.16 bits per heavy atom. The Labute approximate surface area is 185 Å². The van der Waals surface area contributed by atoms with Crippen LogP contribution < -0.4 is 15.9 Å². The molecule has 0 atom stereocenters. The van der Waals surface area contributed by atoms with E-state index in [9.17, 15) is 0 Å². The first-order valence-electron chi connectivity index (χ1n) is 10.9. The third-order valence-corrected chi connectivity index (χ3v) is 11.7. The molecule has 3 aromatic rings. The zero-order valence-electron chi connectivity index (χ0n) is 17.7. The van der Waals surface area contributed by atoms with Gasteiger partial charge in [0, 0.05) is 0 Å². The van der Waals surface area contributed by atoms with Gasteiger partial charge in [0.1, 0.15) is 0 Å². The van der Waals surface area contributed by atoms with Gasteiger partial charge in [0.2, 0.25) is 0 Å². The maximum atomic E-state index is 8.88. The van der Waals surface area contributed by atoms with Crippen LogP contribution in [0.25, 0.3) is 0 Å². The summed E-state index contributed by atoms with van der Waals surface area (Å²) in [4.78, 5) is 21.6. The van der Waals surface area contributed by atoms with Crippen LogP contribution in [-0.4, -0.2) is 20.3 Å². The molecule has 0 heterocycles. The van der Waals surface area contributed by atoms with Crippen LogP contribution in [0.4, 0.5) is 0 Å². The molecule has 0 spiro atoms. The first-order valence-corrected chi connectivity index (χ1v) is 14.5. The number of phosphoric acid groups is 1. The minimum absolute atomic E-state index is 0.775. The second kappa shape index (κ2) is 11.2. The Hall–Kier alpha value is -1.80. The molecular formula is C25H32O4P2. The Morgan fingerprint density at radius 1 is 0.581 bits per heavy atom. The zero-order chi connectivity index (χ0) is 22.2. The van der Waals surface area contributed by atoms with Gasteiger partial charge in [-0.15, -0.1) is 0 Å². The van der Waals surface area contributed by atoms with Gasteiger partial charge in [-0.25, -0.2) is 4.57 Å². The molecule has 31 heavy (non-hydrogen) atoms. The van der Waals surface area contributed by atoms with E-state index in [-0.39, 0.29) is 0 Å². The third-order valence-electron chi connectivity index (χ3n) is 6.15. The first kappa shape index (κ1) is 23.9. The summed E-state index contributed by atoms with van der Waals surface area (Å²) in [5.41, 5.74) is 0.775. The zero-order valence-corrected chi connectivity index (χ0v) is 19.6. The SMILES string of the molecule is O=P(O)(O)O.c1ccc([PH](c2ccccc2)(c2ccccc2)C2CCCCCC2)cc1. The topological polar surface area (TPSA) is 77.8 Å². The Bertz CT molecular complexity index is 846. The second-order valence-electron chi connectivity index (χ2n) is 8.11. The summed E-state index contributed by atoms with van der Waals surface area (Å²) in [5, 5.41) is 4.72. The number of hydrogen-bond acceptors (Lipinski definition) is 1. The quantitative estimate of drug-likeness (QED) is 0.397. The van der Waals surface area contributed by atoms with Crippen molar-refractivity contribution in [3.63, 3.8) is 0 Å². The van der Waals surface area contributed by atoms with Crippen LogP contribution in [-0.2, 0) is 4.57 Å². The van der Waals surface area contributed by atoms with E-state index in [1.807, 2.05) is 0 Å². The third kappa shape index (κ3) is 6.35. The summed E-state index contributed by atoms with van der Waals surface area (Å²) >= 11 is 0. The molecule has 0 aromatic heterocycles. The molecule has 6 heteroatoms. The van der Waals surface area contributed by atoms with Crippen molar-refractivity contribution in [2.24, 2.45) is 0 Å². The average Bonchev–Trinajstić information content (AvgIpc) is 3.06. The Balaban J connectivity index is 0.000000491. The van der Waals surface area contributed by atoms with Gasteiger partial charge >= 0.3 is 166 Å². The van der Waals surface area contributed by atoms with Crippen molar-refractivity contribution in [1.29, 1.82) is 0 Å². The normalized spacial score (nSPS) is 16.0. The van der Waals surface area contributed by atoms with E-state index >= 15 is 0 Å². The Morgan fingerprint density at radius 2 is 0.871 bits per heavy atom.